The fourth-order valence-corrected chi connectivity index (χ4v) is 4.12. The lowest BCUT2D eigenvalue weighted by Crippen LogP contribution is -2.25. The van der Waals surface area contributed by atoms with E-state index in [1.165, 1.54) is 22.9 Å². The van der Waals surface area contributed by atoms with Crippen LogP contribution in [0, 0.1) is 25.2 Å². The highest BCUT2D eigenvalue weighted by Gasteiger charge is 2.23. The van der Waals surface area contributed by atoms with Gasteiger partial charge in [-0.05, 0) is 74.4 Å². The van der Waals surface area contributed by atoms with E-state index in [2.05, 4.69) is 23.3 Å². The van der Waals surface area contributed by atoms with Gasteiger partial charge in [-0.3, -0.25) is 4.79 Å². The topological polar surface area (TPSA) is 65.8 Å². The zero-order valence-corrected chi connectivity index (χ0v) is 16.2. The van der Waals surface area contributed by atoms with Crippen LogP contribution in [0.1, 0.15) is 47.7 Å². The van der Waals surface area contributed by atoms with Crippen molar-refractivity contribution in [2.75, 3.05) is 5.32 Å². The summed E-state index contributed by atoms with van der Waals surface area (Å²) in [6.07, 6.45) is 3.71. The molecule has 0 radical (unpaired) electrons. The highest BCUT2D eigenvalue weighted by Crippen LogP contribution is 2.31. The second-order valence-electron chi connectivity index (χ2n) is 6.72. The second-order valence-corrected chi connectivity index (χ2v) is 7.91. The Morgan fingerprint density at radius 3 is 2.81 bits per heavy atom. The molecule has 0 spiro atoms. The maximum atomic E-state index is 12.7. The van der Waals surface area contributed by atoms with Crippen molar-refractivity contribution in [2.45, 2.75) is 56.7 Å². The number of nitrogens with one attached hydrogen (secondary N) is 1. The molecular weight excluding hydrogens is 342 g/mol. The largest absolute Gasteiger partial charge is 0.325 e. The molecule has 1 unspecified atom stereocenters. The average Bonchev–Trinajstić information content (AvgIpc) is 3.09. The molecule has 1 aliphatic rings. The third kappa shape index (κ3) is 3.91. The van der Waals surface area contributed by atoms with E-state index in [4.69, 9.17) is 0 Å². The lowest BCUT2D eigenvalue weighted by atomic mass is 10.1. The molecule has 1 aliphatic carbocycles. The Balaban J connectivity index is 1.78. The van der Waals surface area contributed by atoms with Crippen LogP contribution < -0.4 is 5.32 Å². The van der Waals surface area contributed by atoms with E-state index < -0.39 is 0 Å². The number of benzene rings is 1. The van der Waals surface area contributed by atoms with E-state index in [0.717, 1.165) is 36.2 Å². The van der Waals surface area contributed by atoms with Crippen molar-refractivity contribution in [3.8, 4) is 6.07 Å². The van der Waals surface area contributed by atoms with Crippen molar-refractivity contribution in [3.05, 3.63) is 52.2 Å². The van der Waals surface area contributed by atoms with Gasteiger partial charge in [0.2, 0.25) is 5.91 Å². The predicted octanol–water partition coefficient (Wildman–Crippen LogP) is 4.57. The molecule has 0 aliphatic heterocycles. The van der Waals surface area contributed by atoms with Crippen LogP contribution >= 0.6 is 11.8 Å². The average molecular weight is 366 g/mol. The number of anilines is 1. The number of carbonyl (C=O) groups is 1. The summed E-state index contributed by atoms with van der Waals surface area (Å²) in [5.41, 5.74) is 5.99. The molecule has 1 aromatic carbocycles. The van der Waals surface area contributed by atoms with Crippen molar-refractivity contribution in [3.63, 3.8) is 0 Å². The molecule has 3 rings (SSSR count). The first-order valence-corrected chi connectivity index (χ1v) is 9.87. The Morgan fingerprint density at radius 1 is 1.31 bits per heavy atom. The molecule has 0 fully saturated rings. The van der Waals surface area contributed by atoms with Crippen molar-refractivity contribution >= 4 is 23.4 Å². The van der Waals surface area contributed by atoms with Gasteiger partial charge < -0.3 is 5.32 Å². The summed E-state index contributed by atoms with van der Waals surface area (Å²) < 4.78 is 0. The molecule has 0 saturated carbocycles. The first-order valence-electron chi connectivity index (χ1n) is 8.99. The van der Waals surface area contributed by atoms with E-state index in [9.17, 15) is 10.1 Å². The number of aryl methyl sites for hydroxylation is 4. The van der Waals surface area contributed by atoms with Gasteiger partial charge in [0.05, 0.1) is 10.8 Å². The number of thioether (sulfide) groups is 1. The monoisotopic (exact) mass is 365 g/mol. The van der Waals surface area contributed by atoms with Gasteiger partial charge in [0, 0.05) is 11.4 Å². The highest BCUT2D eigenvalue weighted by atomic mass is 32.2. The van der Waals surface area contributed by atoms with Crippen molar-refractivity contribution in [1.29, 1.82) is 5.26 Å². The summed E-state index contributed by atoms with van der Waals surface area (Å²) in [6.45, 7) is 6.07. The van der Waals surface area contributed by atoms with Crippen molar-refractivity contribution in [1.82, 2.24) is 4.98 Å². The highest BCUT2D eigenvalue weighted by molar-refractivity contribution is 8.00. The summed E-state index contributed by atoms with van der Waals surface area (Å²) >= 11 is 1.39. The lowest BCUT2D eigenvalue weighted by Gasteiger charge is -2.16. The van der Waals surface area contributed by atoms with Crippen LogP contribution in [0.4, 0.5) is 5.69 Å². The number of nitriles is 1. The van der Waals surface area contributed by atoms with Gasteiger partial charge in [-0.25, -0.2) is 4.98 Å². The summed E-state index contributed by atoms with van der Waals surface area (Å²) in [6, 6.07) is 10.1. The van der Waals surface area contributed by atoms with E-state index in [-0.39, 0.29) is 11.2 Å². The lowest BCUT2D eigenvalue weighted by molar-refractivity contribution is -0.115. The van der Waals surface area contributed by atoms with Crippen LogP contribution in [-0.2, 0) is 17.6 Å². The number of aromatic nitrogens is 1. The number of carbonyl (C=O) groups excluding carboxylic acids is 1. The second kappa shape index (κ2) is 7.92. The number of fused-ring (bicyclic) bond motifs is 1. The van der Waals surface area contributed by atoms with Gasteiger partial charge in [0.25, 0.3) is 0 Å². The molecule has 0 bridgehead atoms. The summed E-state index contributed by atoms with van der Waals surface area (Å²) in [5, 5.41) is 12.9. The minimum Gasteiger partial charge on any atom is -0.325 e. The predicted molar refractivity (Wildman–Crippen MR) is 105 cm³/mol. The molecule has 1 atom stereocenters. The van der Waals surface area contributed by atoms with Gasteiger partial charge in [-0.15, -0.1) is 0 Å². The van der Waals surface area contributed by atoms with E-state index >= 15 is 0 Å². The van der Waals surface area contributed by atoms with Gasteiger partial charge >= 0.3 is 0 Å². The first-order chi connectivity index (χ1) is 12.5. The minimum absolute atomic E-state index is 0.0491. The van der Waals surface area contributed by atoms with E-state index in [1.54, 1.807) is 0 Å². The van der Waals surface area contributed by atoms with Gasteiger partial charge in [0.1, 0.15) is 11.1 Å². The van der Waals surface area contributed by atoms with Crippen LogP contribution in [0.3, 0.4) is 0 Å². The fourth-order valence-electron chi connectivity index (χ4n) is 3.12. The van der Waals surface area contributed by atoms with Crippen LogP contribution in [0.2, 0.25) is 0 Å². The molecule has 4 nitrogen and oxygen atoms in total. The Hall–Kier alpha value is -2.32. The van der Waals surface area contributed by atoms with Gasteiger partial charge in [0.15, 0.2) is 0 Å². The molecule has 134 valence electrons. The Morgan fingerprint density at radius 2 is 2.12 bits per heavy atom. The number of hydrogen-bond donors (Lipinski definition) is 1. The first kappa shape index (κ1) is 18.5. The van der Waals surface area contributed by atoms with Crippen molar-refractivity contribution in [2.24, 2.45) is 0 Å². The number of hydrogen-bond acceptors (Lipinski definition) is 4. The summed E-state index contributed by atoms with van der Waals surface area (Å²) in [7, 11) is 0. The van der Waals surface area contributed by atoms with Crippen LogP contribution in [-0.4, -0.2) is 16.1 Å². The standard InChI is InChI=1S/C21H23N3OS/c1-4-19(20(25)23-17-9-8-13(2)14(3)10-17)26-21-16(12-22)11-15-6-5-7-18(15)24-21/h8-11,19H,4-7H2,1-3H3,(H,23,25). The maximum Gasteiger partial charge on any atom is 0.237 e. The third-order valence-electron chi connectivity index (χ3n) is 4.83. The molecule has 26 heavy (non-hydrogen) atoms. The molecule has 1 aromatic heterocycles. The molecule has 1 heterocycles. The Kier molecular flexibility index (Phi) is 5.63. The van der Waals surface area contributed by atoms with E-state index in [1.807, 2.05) is 38.1 Å². The molecule has 2 aromatic rings. The van der Waals surface area contributed by atoms with Gasteiger partial charge in [-0.1, -0.05) is 24.8 Å². The zero-order valence-electron chi connectivity index (χ0n) is 15.4. The minimum atomic E-state index is -0.282. The zero-order chi connectivity index (χ0) is 18.7. The summed E-state index contributed by atoms with van der Waals surface area (Å²) in [5.74, 6) is -0.0491. The Bertz CT molecular complexity index is 886. The smallest absolute Gasteiger partial charge is 0.237 e. The van der Waals surface area contributed by atoms with Crippen LogP contribution in [0.5, 0.6) is 0 Å². The quantitative estimate of drug-likeness (QED) is 0.788. The molecule has 1 N–H and O–H groups in total. The molecular formula is C21H23N3OS. The molecule has 1 amide bonds. The van der Waals surface area contributed by atoms with Gasteiger partial charge in [-0.2, -0.15) is 5.26 Å². The maximum absolute atomic E-state index is 12.7. The van der Waals surface area contributed by atoms with Crippen LogP contribution in [0.15, 0.2) is 29.3 Å². The normalized spacial score (nSPS) is 13.8. The van der Waals surface area contributed by atoms with Crippen LogP contribution in [0.25, 0.3) is 0 Å². The molecule has 0 saturated heterocycles. The number of pyridine rings is 1. The van der Waals surface area contributed by atoms with E-state index in [0.29, 0.717) is 17.0 Å². The fraction of sp³-hybridized carbons (Fsp3) is 0.381. The van der Waals surface area contributed by atoms with Crippen molar-refractivity contribution < 1.29 is 4.79 Å². The SMILES string of the molecule is CCC(Sc1nc2c(cc1C#N)CCC2)C(=O)Nc1ccc(C)c(C)c1. The number of nitrogens with zero attached hydrogens (tertiary/aromatic N) is 2. The summed E-state index contributed by atoms with van der Waals surface area (Å²) in [4.78, 5) is 17.4. The number of amides is 1. The number of rotatable bonds is 5. The Labute approximate surface area is 159 Å². The molecule has 5 heteroatoms. The third-order valence-corrected chi connectivity index (χ3v) is 6.19.